The third-order valence-electron chi connectivity index (χ3n) is 7.31. The van der Waals surface area contributed by atoms with Gasteiger partial charge in [0.05, 0.1) is 12.6 Å². The molecule has 0 aliphatic heterocycles. The Morgan fingerprint density at radius 2 is 1.91 bits per heavy atom. The topological polar surface area (TPSA) is 62.3 Å². The average molecular weight is 464 g/mol. The summed E-state index contributed by atoms with van der Waals surface area (Å²) in [6.45, 7) is 0.823. The minimum Gasteiger partial charge on any atom is -0.496 e. The van der Waals surface area contributed by atoms with Crippen LogP contribution in [-0.4, -0.2) is 43.3 Å². The molecule has 2 N–H and O–H groups in total. The predicted octanol–water partition coefficient (Wildman–Crippen LogP) is 4.90. The number of aromatic nitrogens is 2. The van der Waals surface area contributed by atoms with Gasteiger partial charge in [0, 0.05) is 48.6 Å². The zero-order valence-corrected chi connectivity index (χ0v) is 20.5. The molecule has 0 saturated heterocycles. The van der Waals surface area contributed by atoms with E-state index in [0.717, 1.165) is 52.7 Å². The van der Waals surface area contributed by atoms with Crippen molar-refractivity contribution in [3.8, 4) is 5.75 Å². The fourth-order valence-corrected chi connectivity index (χ4v) is 5.54. The third kappa shape index (κ3) is 4.62. The first-order valence-corrected chi connectivity index (χ1v) is 12.2. The van der Waals surface area contributed by atoms with E-state index in [1.807, 2.05) is 38.4 Å². The number of nitrogens with zero attached hydrogens (tertiary/aromatic N) is 3. The van der Waals surface area contributed by atoms with Gasteiger partial charge in [-0.25, -0.2) is 4.98 Å². The number of thiol groups is 1. The SMILES string of the molecule is COc1ccc(S)cc1CN[C@@H]1CC12CCC(Nc1nc(N(C)C)c3ccccc3n1)CC2. The monoisotopic (exact) mass is 463 g/mol. The van der Waals surface area contributed by atoms with E-state index in [1.165, 1.54) is 24.8 Å². The Kier molecular flexibility index (Phi) is 6.10. The van der Waals surface area contributed by atoms with Crippen LogP contribution in [0.2, 0.25) is 0 Å². The molecular weight excluding hydrogens is 430 g/mol. The molecule has 174 valence electrons. The predicted molar refractivity (Wildman–Crippen MR) is 138 cm³/mol. The van der Waals surface area contributed by atoms with E-state index in [2.05, 4.69) is 46.4 Å². The molecule has 1 aromatic heterocycles. The molecule has 0 bridgehead atoms. The lowest BCUT2D eigenvalue weighted by molar-refractivity contribution is 0.295. The zero-order valence-electron chi connectivity index (χ0n) is 19.6. The largest absolute Gasteiger partial charge is 0.496 e. The van der Waals surface area contributed by atoms with Gasteiger partial charge < -0.3 is 20.3 Å². The molecule has 0 amide bonds. The normalized spacial score (nSPS) is 24.1. The van der Waals surface area contributed by atoms with E-state index >= 15 is 0 Å². The van der Waals surface area contributed by atoms with Crippen molar-refractivity contribution >= 4 is 35.3 Å². The zero-order chi connectivity index (χ0) is 23.0. The lowest BCUT2D eigenvalue weighted by Gasteiger charge is -2.30. The molecule has 2 aliphatic carbocycles. The van der Waals surface area contributed by atoms with Crippen molar-refractivity contribution < 1.29 is 4.74 Å². The van der Waals surface area contributed by atoms with Crippen LogP contribution in [0.5, 0.6) is 5.75 Å². The van der Waals surface area contributed by atoms with Crippen molar-refractivity contribution in [1.82, 2.24) is 15.3 Å². The van der Waals surface area contributed by atoms with E-state index in [4.69, 9.17) is 14.7 Å². The molecule has 7 heteroatoms. The number of rotatable bonds is 7. The van der Waals surface area contributed by atoms with Crippen molar-refractivity contribution in [3.63, 3.8) is 0 Å². The molecule has 1 spiro atoms. The Morgan fingerprint density at radius 1 is 1.12 bits per heavy atom. The van der Waals surface area contributed by atoms with Gasteiger partial charge in [-0.2, -0.15) is 4.98 Å². The van der Waals surface area contributed by atoms with Gasteiger partial charge in [0.25, 0.3) is 0 Å². The fraction of sp³-hybridized carbons (Fsp3) is 0.462. The highest BCUT2D eigenvalue weighted by molar-refractivity contribution is 7.80. The second-order valence-electron chi connectivity index (χ2n) is 9.70. The summed E-state index contributed by atoms with van der Waals surface area (Å²) in [4.78, 5) is 12.6. The van der Waals surface area contributed by atoms with Crippen LogP contribution < -0.4 is 20.3 Å². The Morgan fingerprint density at radius 3 is 2.67 bits per heavy atom. The molecule has 1 heterocycles. The Bertz CT molecular complexity index is 1140. The van der Waals surface area contributed by atoms with Crippen molar-refractivity contribution in [1.29, 1.82) is 0 Å². The van der Waals surface area contributed by atoms with Crippen LogP contribution in [-0.2, 0) is 6.54 Å². The summed E-state index contributed by atoms with van der Waals surface area (Å²) >= 11 is 4.48. The first-order chi connectivity index (χ1) is 16.0. The number of hydrogen-bond donors (Lipinski definition) is 3. The number of nitrogens with one attached hydrogen (secondary N) is 2. The van der Waals surface area contributed by atoms with E-state index in [-0.39, 0.29) is 0 Å². The lowest BCUT2D eigenvalue weighted by Crippen LogP contribution is -2.32. The summed E-state index contributed by atoms with van der Waals surface area (Å²) in [7, 11) is 5.79. The fourth-order valence-electron chi connectivity index (χ4n) is 5.31. The Labute approximate surface area is 201 Å². The van der Waals surface area contributed by atoms with Crippen LogP contribution >= 0.6 is 12.6 Å². The molecule has 2 aliphatic rings. The van der Waals surface area contributed by atoms with E-state index in [9.17, 15) is 0 Å². The summed E-state index contributed by atoms with van der Waals surface area (Å²) in [6, 6.07) is 15.3. The molecule has 2 fully saturated rings. The highest BCUT2D eigenvalue weighted by Gasteiger charge is 2.54. The van der Waals surface area contributed by atoms with Crippen LogP contribution in [0.1, 0.15) is 37.7 Å². The number of ether oxygens (including phenoxy) is 1. The van der Waals surface area contributed by atoms with Crippen molar-refractivity contribution in [2.75, 3.05) is 31.4 Å². The maximum absolute atomic E-state index is 5.51. The Balaban J connectivity index is 1.18. The smallest absolute Gasteiger partial charge is 0.225 e. The van der Waals surface area contributed by atoms with Crippen LogP contribution in [0.4, 0.5) is 11.8 Å². The number of benzene rings is 2. The molecule has 1 atom stereocenters. The summed E-state index contributed by atoms with van der Waals surface area (Å²) in [5.41, 5.74) is 2.61. The lowest BCUT2D eigenvalue weighted by atomic mass is 9.83. The van der Waals surface area contributed by atoms with Crippen molar-refractivity contribution in [3.05, 3.63) is 48.0 Å². The van der Waals surface area contributed by atoms with Gasteiger partial charge in [0.2, 0.25) is 5.95 Å². The third-order valence-corrected chi connectivity index (χ3v) is 7.59. The molecule has 0 unspecified atom stereocenters. The summed E-state index contributed by atoms with van der Waals surface area (Å²) in [5, 5.41) is 8.49. The summed E-state index contributed by atoms with van der Waals surface area (Å²) < 4.78 is 5.51. The van der Waals surface area contributed by atoms with Crippen LogP contribution in [0.3, 0.4) is 0 Å². The van der Waals surface area contributed by atoms with Crippen LogP contribution in [0, 0.1) is 5.41 Å². The second kappa shape index (κ2) is 9.03. The summed E-state index contributed by atoms with van der Waals surface area (Å²) in [5.74, 6) is 2.63. The number of anilines is 2. The highest BCUT2D eigenvalue weighted by Crippen LogP contribution is 2.56. The van der Waals surface area contributed by atoms with E-state index in [1.54, 1.807) is 7.11 Å². The quantitative estimate of drug-likeness (QED) is 0.434. The molecule has 2 saturated carbocycles. The Hall–Kier alpha value is -2.51. The molecule has 6 nitrogen and oxygen atoms in total. The average Bonchev–Trinajstić information content (AvgIpc) is 3.50. The van der Waals surface area contributed by atoms with E-state index < -0.39 is 0 Å². The number of hydrogen-bond acceptors (Lipinski definition) is 7. The molecular formula is C26H33N5OS. The molecule has 5 rings (SSSR count). The van der Waals surface area contributed by atoms with Gasteiger partial charge in [0.1, 0.15) is 11.6 Å². The van der Waals surface area contributed by atoms with Gasteiger partial charge in [-0.3, -0.25) is 0 Å². The molecule has 33 heavy (non-hydrogen) atoms. The first kappa shape index (κ1) is 22.3. The standard InChI is InChI=1S/C26H33N5OS/c1-31(2)24-20-6-4-5-7-21(20)29-25(30-24)28-18-10-12-26(13-11-18)15-23(26)27-16-17-14-19(33)8-9-22(17)32-3/h4-9,14,18,23,27,33H,10-13,15-16H2,1-3H3,(H,28,29,30)/t18?,23-,26?/m1/s1. The first-order valence-electron chi connectivity index (χ1n) is 11.8. The minimum absolute atomic E-state index is 0.425. The highest BCUT2D eigenvalue weighted by atomic mass is 32.1. The molecule has 0 radical (unpaired) electrons. The molecule has 2 aromatic carbocycles. The number of para-hydroxylation sites is 1. The van der Waals surface area contributed by atoms with Gasteiger partial charge >= 0.3 is 0 Å². The summed E-state index contributed by atoms with van der Waals surface area (Å²) in [6.07, 6.45) is 6.04. The van der Waals surface area contributed by atoms with E-state index in [0.29, 0.717) is 17.5 Å². The molecule has 3 aromatic rings. The minimum atomic E-state index is 0.425. The van der Waals surface area contributed by atoms with Crippen molar-refractivity contribution in [2.24, 2.45) is 5.41 Å². The second-order valence-corrected chi connectivity index (χ2v) is 10.2. The van der Waals surface area contributed by atoms with Gasteiger partial charge in [0.15, 0.2) is 0 Å². The van der Waals surface area contributed by atoms with Crippen LogP contribution in [0.25, 0.3) is 10.9 Å². The maximum Gasteiger partial charge on any atom is 0.225 e. The van der Waals surface area contributed by atoms with Gasteiger partial charge in [-0.1, -0.05) is 12.1 Å². The number of methoxy groups -OCH3 is 1. The van der Waals surface area contributed by atoms with Crippen molar-refractivity contribution in [2.45, 2.75) is 55.6 Å². The number of fused-ring (bicyclic) bond motifs is 1. The maximum atomic E-state index is 5.51. The van der Waals surface area contributed by atoms with Gasteiger partial charge in [-0.05, 0) is 67.9 Å². The van der Waals surface area contributed by atoms with Gasteiger partial charge in [-0.15, -0.1) is 12.6 Å². The van der Waals surface area contributed by atoms with Crippen LogP contribution in [0.15, 0.2) is 47.4 Å².